The predicted octanol–water partition coefficient (Wildman–Crippen LogP) is 11.9. The molecular formula is C36H24S3. The molecule has 3 aromatic heterocycles. The van der Waals surface area contributed by atoms with Crippen LogP contribution in [0.25, 0.3) is 64.7 Å². The van der Waals surface area contributed by atoms with Crippen LogP contribution in [0.1, 0.15) is 0 Å². The smallest absolute Gasteiger partial charge is 0.0529 e. The Labute approximate surface area is 241 Å². The maximum Gasteiger partial charge on any atom is 0.0529 e. The van der Waals surface area contributed by atoms with E-state index in [4.69, 9.17) is 0 Å². The molecule has 0 aliphatic heterocycles. The van der Waals surface area contributed by atoms with Crippen molar-refractivity contribution in [1.29, 1.82) is 0 Å². The Balaban J connectivity index is 0.0000000982. The van der Waals surface area contributed by atoms with Gasteiger partial charge in [-0.1, -0.05) is 109 Å². The van der Waals surface area contributed by atoms with E-state index in [1.807, 2.05) is 22.7 Å². The molecule has 0 saturated carbocycles. The summed E-state index contributed by atoms with van der Waals surface area (Å²) in [6, 6.07) is 45.0. The second-order valence-electron chi connectivity index (χ2n) is 9.30. The van der Waals surface area contributed by atoms with E-state index in [0.29, 0.717) is 0 Å². The Morgan fingerprint density at radius 3 is 0.949 bits per heavy atom. The van der Waals surface area contributed by atoms with E-state index in [-0.39, 0.29) is 0 Å². The van der Waals surface area contributed by atoms with E-state index in [0.717, 1.165) is 0 Å². The number of fused-ring (bicyclic) bond motifs is 8. The van der Waals surface area contributed by atoms with Crippen LogP contribution in [0, 0.1) is 0 Å². The second-order valence-corrected chi connectivity index (χ2v) is 12.1. The molecule has 0 bridgehead atoms. The van der Waals surface area contributed by atoms with E-state index in [9.17, 15) is 0 Å². The number of benzene rings is 4. The highest BCUT2D eigenvalue weighted by Gasteiger charge is 2.20. The quantitative estimate of drug-likeness (QED) is 0.200. The fraction of sp³-hybridized carbons (Fsp3) is 0. The summed E-state index contributed by atoms with van der Waals surface area (Å²) in [5, 5.41) is 6.43. The minimum Gasteiger partial charge on any atom is -0.144 e. The average Bonchev–Trinajstić information content (AvgIpc) is 3.78. The SMILES string of the molecule is c1ccc2c(c1)-c1ccccc1-2.c1ccc2c(c1)-c1ccccc1-2.c1csc(-c2ccsc2-c2cccs2)c1. The minimum absolute atomic E-state index is 1.36. The van der Waals surface area contributed by atoms with Gasteiger partial charge in [0.2, 0.25) is 0 Å². The van der Waals surface area contributed by atoms with E-state index in [1.54, 1.807) is 11.3 Å². The molecule has 0 nitrogen and oxygen atoms in total. The fourth-order valence-corrected chi connectivity index (χ4v) is 7.84. The highest BCUT2D eigenvalue weighted by molar-refractivity contribution is 7.21. The molecule has 186 valence electrons. The van der Waals surface area contributed by atoms with Crippen molar-refractivity contribution < 1.29 is 0 Å². The van der Waals surface area contributed by atoms with Gasteiger partial charge < -0.3 is 0 Å². The van der Waals surface area contributed by atoms with Gasteiger partial charge in [-0.2, -0.15) is 0 Å². The maximum absolute atomic E-state index is 2.21. The van der Waals surface area contributed by atoms with Gasteiger partial charge in [0.15, 0.2) is 0 Å². The van der Waals surface area contributed by atoms with Crippen molar-refractivity contribution in [2.24, 2.45) is 0 Å². The molecular weight excluding hydrogens is 529 g/mol. The molecule has 0 N–H and O–H groups in total. The van der Waals surface area contributed by atoms with Gasteiger partial charge in [0.25, 0.3) is 0 Å². The Morgan fingerprint density at radius 1 is 0.256 bits per heavy atom. The summed E-state index contributed by atoms with van der Waals surface area (Å²) >= 11 is 5.43. The zero-order valence-electron chi connectivity index (χ0n) is 21.1. The summed E-state index contributed by atoms with van der Waals surface area (Å²) in [5.74, 6) is 0. The summed E-state index contributed by atoms with van der Waals surface area (Å²) in [5.41, 5.74) is 12.5. The van der Waals surface area contributed by atoms with E-state index in [1.165, 1.54) is 64.7 Å². The van der Waals surface area contributed by atoms with Gasteiger partial charge in [0, 0.05) is 15.3 Å². The molecule has 0 radical (unpaired) electrons. The molecule has 9 rings (SSSR count). The van der Waals surface area contributed by atoms with E-state index >= 15 is 0 Å². The van der Waals surface area contributed by atoms with Crippen LogP contribution in [0.2, 0.25) is 0 Å². The van der Waals surface area contributed by atoms with Crippen molar-refractivity contribution >= 4 is 34.0 Å². The molecule has 7 aromatic rings. The third-order valence-electron chi connectivity index (χ3n) is 7.07. The lowest BCUT2D eigenvalue weighted by atomic mass is 9.81. The Hall–Kier alpha value is -4.02. The van der Waals surface area contributed by atoms with Crippen molar-refractivity contribution in [2.45, 2.75) is 0 Å². The van der Waals surface area contributed by atoms with Gasteiger partial charge in [-0.25, -0.2) is 0 Å². The van der Waals surface area contributed by atoms with Crippen LogP contribution in [-0.2, 0) is 0 Å². The van der Waals surface area contributed by atoms with Gasteiger partial charge >= 0.3 is 0 Å². The van der Waals surface area contributed by atoms with E-state index in [2.05, 4.69) is 144 Å². The Bertz CT molecular complexity index is 1520. The first-order valence-electron chi connectivity index (χ1n) is 12.9. The molecule has 3 heteroatoms. The van der Waals surface area contributed by atoms with Crippen molar-refractivity contribution in [3.8, 4) is 64.7 Å². The second kappa shape index (κ2) is 10.6. The molecule has 0 fully saturated rings. The summed E-state index contributed by atoms with van der Waals surface area (Å²) in [4.78, 5) is 4.13. The predicted molar refractivity (Wildman–Crippen MR) is 173 cm³/mol. The van der Waals surface area contributed by atoms with Crippen LogP contribution in [0.15, 0.2) is 144 Å². The molecule has 39 heavy (non-hydrogen) atoms. The highest BCUT2D eigenvalue weighted by atomic mass is 32.1. The third-order valence-corrected chi connectivity index (χ3v) is 9.93. The molecule has 3 heterocycles. The molecule has 0 atom stereocenters. The fourth-order valence-electron chi connectivity index (χ4n) is 5.22. The standard InChI is InChI=1S/C12H8S3.2C12H8/c1-3-10(13-6-1)9-5-8-15-12(9)11-4-2-7-14-11;2*1-2-6-10-9(5-1)11-7-3-4-8-12(10)11/h1-8H;2*1-8H. The van der Waals surface area contributed by atoms with Crippen LogP contribution in [-0.4, -0.2) is 0 Å². The Kier molecular flexibility index (Phi) is 6.55. The van der Waals surface area contributed by atoms with Crippen LogP contribution < -0.4 is 0 Å². The summed E-state index contributed by atoms with van der Waals surface area (Å²) in [6.45, 7) is 0. The molecule has 2 aliphatic rings. The molecule has 0 amide bonds. The van der Waals surface area contributed by atoms with Gasteiger partial charge in [0.1, 0.15) is 0 Å². The maximum atomic E-state index is 2.21. The van der Waals surface area contributed by atoms with E-state index < -0.39 is 0 Å². The summed E-state index contributed by atoms with van der Waals surface area (Å²) < 4.78 is 0. The third kappa shape index (κ3) is 4.49. The van der Waals surface area contributed by atoms with Gasteiger partial charge in [0.05, 0.1) is 4.88 Å². The van der Waals surface area contributed by atoms with Crippen molar-refractivity contribution in [1.82, 2.24) is 0 Å². The van der Waals surface area contributed by atoms with Crippen molar-refractivity contribution in [2.75, 3.05) is 0 Å². The monoisotopic (exact) mass is 552 g/mol. The van der Waals surface area contributed by atoms with Crippen molar-refractivity contribution in [3.63, 3.8) is 0 Å². The first-order chi connectivity index (χ1) is 19.4. The van der Waals surface area contributed by atoms with Crippen LogP contribution >= 0.6 is 34.0 Å². The number of thiophene rings is 3. The molecule has 0 saturated heterocycles. The van der Waals surface area contributed by atoms with Crippen LogP contribution in [0.3, 0.4) is 0 Å². The van der Waals surface area contributed by atoms with Gasteiger partial charge in [-0.05, 0) is 78.8 Å². The molecule has 0 spiro atoms. The molecule has 4 aromatic carbocycles. The number of hydrogen-bond acceptors (Lipinski definition) is 3. The summed E-state index contributed by atoms with van der Waals surface area (Å²) in [6.07, 6.45) is 0. The molecule has 0 unspecified atom stereocenters. The van der Waals surface area contributed by atoms with Crippen LogP contribution in [0.4, 0.5) is 0 Å². The first-order valence-corrected chi connectivity index (χ1v) is 15.6. The zero-order chi connectivity index (χ0) is 26.0. The topological polar surface area (TPSA) is 0 Å². The van der Waals surface area contributed by atoms with Gasteiger partial charge in [-0.15, -0.1) is 34.0 Å². The lowest BCUT2D eigenvalue weighted by molar-refractivity contribution is 1.52. The van der Waals surface area contributed by atoms with Gasteiger partial charge in [-0.3, -0.25) is 0 Å². The van der Waals surface area contributed by atoms with Crippen molar-refractivity contribution in [3.05, 3.63) is 144 Å². The zero-order valence-corrected chi connectivity index (χ0v) is 23.5. The Morgan fingerprint density at radius 2 is 0.615 bits per heavy atom. The molecule has 2 aliphatic carbocycles. The highest BCUT2D eigenvalue weighted by Crippen LogP contribution is 2.47. The normalized spacial score (nSPS) is 11.1. The number of hydrogen-bond donors (Lipinski definition) is 0. The number of rotatable bonds is 2. The lowest BCUT2D eigenvalue weighted by Gasteiger charge is -2.22. The minimum atomic E-state index is 1.36. The summed E-state index contributed by atoms with van der Waals surface area (Å²) in [7, 11) is 0. The first kappa shape index (κ1) is 24.1. The largest absolute Gasteiger partial charge is 0.144 e. The average molecular weight is 553 g/mol. The lowest BCUT2D eigenvalue weighted by Crippen LogP contribution is -1.96. The van der Waals surface area contributed by atoms with Crippen LogP contribution in [0.5, 0.6) is 0 Å².